The van der Waals surface area contributed by atoms with E-state index in [2.05, 4.69) is 0 Å². The predicted molar refractivity (Wildman–Crippen MR) is 140 cm³/mol. The van der Waals surface area contributed by atoms with E-state index in [1.165, 1.54) is 0 Å². The van der Waals surface area contributed by atoms with E-state index in [0.29, 0.717) is 36.5 Å². The van der Waals surface area contributed by atoms with Crippen LogP contribution in [0.25, 0.3) is 0 Å². The minimum atomic E-state index is -0.673. The molecule has 3 unspecified atom stereocenters. The van der Waals surface area contributed by atoms with Gasteiger partial charge in [-0.2, -0.15) is 0 Å². The van der Waals surface area contributed by atoms with E-state index in [-0.39, 0.29) is 23.8 Å². The van der Waals surface area contributed by atoms with Crippen LogP contribution in [0.4, 0.5) is 0 Å². The molecule has 6 heteroatoms. The van der Waals surface area contributed by atoms with Crippen molar-refractivity contribution in [2.24, 2.45) is 10.9 Å². The molecule has 0 saturated carbocycles. The van der Waals surface area contributed by atoms with Crippen LogP contribution in [0.3, 0.4) is 0 Å². The number of benzene rings is 2. The molecule has 2 aromatic carbocycles. The first-order valence-electron chi connectivity index (χ1n) is 12.7. The third kappa shape index (κ3) is 5.23. The first-order valence-corrected chi connectivity index (χ1v) is 12.7. The molecule has 0 saturated heterocycles. The molecular formula is C30H35NO5. The summed E-state index contributed by atoms with van der Waals surface area (Å²) in [6.07, 6.45) is 1.67. The van der Waals surface area contributed by atoms with Gasteiger partial charge in [0.2, 0.25) is 0 Å². The Morgan fingerprint density at radius 2 is 1.81 bits per heavy atom. The van der Waals surface area contributed by atoms with Gasteiger partial charge >= 0.3 is 5.97 Å². The number of hydrogen-bond acceptors (Lipinski definition) is 6. The number of ketones is 1. The molecule has 0 spiro atoms. The summed E-state index contributed by atoms with van der Waals surface area (Å²) in [5.41, 5.74) is 3.94. The van der Waals surface area contributed by atoms with Crippen LogP contribution >= 0.6 is 0 Å². The standard InChI is InChI=1S/C30H35NO5/c1-6-15-35-30(33)27-19(4)31-24-16-21(20-11-13-22(34-5)14-12-20)17-25(32)29(24)28(27)23-9-7-8-10-26(23)36-18(2)3/h7-14,18,21,27-28H,6,15-17H2,1-5H3. The van der Waals surface area contributed by atoms with Crippen LogP contribution in [-0.4, -0.2) is 37.3 Å². The van der Waals surface area contributed by atoms with E-state index in [9.17, 15) is 9.59 Å². The summed E-state index contributed by atoms with van der Waals surface area (Å²) in [5.74, 6) is -0.0232. The molecule has 1 aliphatic carbocycles. The molecule has 3 atom stereocenters. The molecule has 1 heterocycles. The van der Waals surface area contributed by atoms with E-state index < -0.39 is 11.8 Å². The molecule has 1 aliphatic heterocycles. The van der Waals surface area contributed by atoms with E-state index in [0.717, 1.165) is 29.0 Å². The van der Waals surface area contributed by atoms with Gasteiger partial charge < -0.3 is 14.2 Å². The summed E-state index contributed by atoms with van der Waals surface area (Å²) < 4.78 is 17.0. The number of methoxy groups -OCH3 is 1. The Bertz CT molecular complexity index is 1180. The molecular weight excluding hydrogens is 454 g/mol. The summed E-state index contributed by atoms with van der Waals surface area (Å²) in [7, 11) is 1.64. The van der Waals surface area contributed by atoms with E-state index in [1.807, 2.05) is 76.2 Å². The van der Waals surface area contributed by atoms with Crippen molar-refractivity contribution in [2.75, 3.05) is 13.7 Å². The summed E-state index contributed by atoms with van der Waals surface area (Å²) in [6, 6.07) is 15.5. The van der Waals surface area contributed by atoms with Crippen molar-refractivity contribution in [3.8, 4) is 11.5 Å². The van der Waals surface area contributed by atoms with Crippen LogP contribution in [0.5, 0.6) is 11.5 Å². The summed E-state index contributed by atoms with van der Waals surface area (Å²) >= 11 is 0. The molecule has 2 aliphatic rings. The lowest BCUT2D eigenvalue weighted by atomic mass is 9.69. The van der Waals surface area contributed by atoms with Crippen molar-refractivity contribution in [3.05, 3.63) is 70.9 Å². The fourth-order valence-electron chi connectivity index (χ4n) is 5.20. The Labute approximate surface area is 213 Å². The largest absolute Gasteiger partial charge is 0.497 e. The third-order valence-electron chi connectivity index (χ3n) is 6.79. The lowest BCUT2D eigenvalue weighted by Crippen LogP contribution is -2.38. The fourth-order valence-corrected chi connectivity index (χ4v) is 5.20. The van der Waals surface area contributed by atoms with E-state index in [4.69, 9.17) is 19.2 Å². The quantitative estimate of drug-likeness (QED) is 0.425. The highest BCUT2D eigenvalue weighted by Gasteiger charge is 2.45. The van der Waals surface area contributed by atoms with E-state index >= 15 is 0 Å². The molecule has 190 valence electrons. The number of nitrogens with zero attached hydrogens (tertiary/aromatic N) is 1. The lowest BCUT2D eigenvalue weighted by Gasteiger charge is -2.37. The highest BCUT2D eigenvalue weighted by Crippen LogP contribution is 2.48. The van der Waals surface area contributed by atoms with Gasteiger partial charge in [-0.25, -0.2) is 0 Å². The van der Waals surface area contributed by atoms with Gasteiger partial charge in [-0.3, -0.25) is 14.6 Å². The molecule has 0 aromatic heterocycles. The van der Waals surface area contributed by atoms with Crippen LogP contribution < -0.4 is 9.47 Å². The maximum atomic E-state index is 13.8. The fraction of sp³-hybridized carbons (Fsp3) is 0.433. The molecule has 2 aromatic rings. The number of ether oxygens (including phenoxy) is 3. The van der Waals surface area contributed by atoms with Gasteiger partial charge in [-0.15, -0.1) is 0 Å². The number of carbonyl (C=O) groups excluding carboxylic acids is 2. The predicted octanol–water partition coefficient (Wildman–Crippen LogP) is 6.01. The van der Waals surface area contributed by atoms with Gasteiger partial charge in [0.25, 0.3) is 0 Å². The number of Topliss-reactive ketones (excluding diaryl/α,β-unsaturated/α-hetero) is 1. The van der Waals surface area contributed by atoms with Crippen molar-refractivity contribution in [1.29, 1.82) is 0 Å². The van der Waals surface area contributed by atoms with Crippen molar-refractivity contribution >= 4 is 17.5 Å². The molecule has 0 amide bonds. The Hall–Kier alpha value is -3.41. The number of rotatable bonds is 8. The van der Waals surface area contributed by atoms with Crippen molar-refractivity contribution in [2.45, 2.75) is 64.9 Å². The number of carbonyl (C=O) groups is 2. The van der Waals surface area contributed by atoms with Gasteiger partial charge in [-0.1, -0.05) is 37.3 Å². The maximum Gasteiger partial charge on any atom is 0.315 e. The Balaban J connectivity index is 1.79. The minimum Gasteiger partial charge on any atom is -0.497 e. The smallest absolute Gasteiger partial charge is 0.315 e. The topological polar surface area (TPSA) is 74.2 Å². The zero-order valence-electron chi connectivity index (χ0n) is 21.7. The number of esters is 1. The number of para-hydroxylation sites is 1. The monoisotopic (exact) mass is 489 g/mol. The zero-order chi connectivity index (χ0) is 25.8. The summed E-state index contributed by atoms with van der Waals surface area (Å²) in [5, 5.41) is 0. The maximum absolute atomic E-state index is 13.8. The summed E-state index contributed by atoms with van der Waals surface area (Å²) in [4.78, 5) is 32.0. The molecule has 0 bridgehead atoms. The Morgan fingerprint density at radius 1 is 1.08 bits per heavy atom. The first-order chi connectivity index (χ1) is 17.3. The lowest BCUT2D eigenvalue weighted by molar-refractivity contribution is -0.146. The number of aliphatic imine (C=N–C) groups is 1. The molecule has 36 heavy (non-hydrogen) atoms. The van der Waals surface area contributed by atoms with Gasteiger partial charge in [0.05, 0.1) is 19.8 Å². The molecule has 6 nitrogen and oxygen atoms in total. The van der Waals surface area contributed by atoms with Crippen molar-refractivity contribution in [1.82, 2.24) is 0 Å². The highest BCUT2D eigenvalue weighted by atomic mass is 16.5. The van der Waals surface area contributed by atoms with Crippen LogP contribution in [-0.2, 0) is 14.3 Å². The average molecular weight is 490 g/mol. The normalized spacial score (nSPS) is 21.7. The van der Waals surface area contributed by atoms with Crippen LogP contribution in [0.1, 0.15) is 69.9 Å². The van der Waals surface area contributed by atoms with E-state index in [1.54, 1.807) is 7.11 Å². The number of hydrogen-bond donors (Lipinski definition) is 0. The highest BCUT2D eigenvalue weighted by molar-refractivity contribution is 6.09. The average Bonchev–Trinajstić information content (AvgIpc) is 2.86. The van der Waals surface area contributed by atoms with Gasteiger partial charge in [0.15, 0.2) is 5.78 Å². The van der Waals surface area contributed by atoms with Gasteiger partial charge in [0.1, 0.15) is 17.4 Å². The van der Waals surface area contributed by atoms with Crippen LogP contribution in [0.2, 0.25) is 0 Å². The van der Waals surface area contributed by atoms with Crippen LogP contribution in [0, 0.1) is 5.92 Å². The van der Waals surface area contributed by atoms with Gasteiger partial charge in [0, 0.05) is 34.9 Å². The van der Waals surface area contributed by atoms with Crippen molar-refractivity contribution < 1.29 is 23.8 Å². The minimum absolute atomic E-state index is 0.0186. The zero-order valence-corrected chi connectivity index (χ0v) is 21.7. The summed E-state index contributed by atoms with van der Waals surface area (Å²) in [6.45, 7) is 8.09. The Kier molecular flexibility index (Phi) is 7.92. The second kappa shape index (κ2) is 11.1. The molecule has 0 N–H and O–H groups in total. The molecule has 4 rings (SSSR count). The molecule has 0 radical (unpaired) electrons. The SMILES string of the molecule is CCCOC(=O)C1C(C)=NC2=C(C(=O)CC(c3ccc(OC)cc3)C2)C1c1ccccc1OC(C)C. The Morgan fingerprint density at radius 3 is 2.47 bits per heavy atom. The van der Waals surface area contributed by atoms with Gasteiger partial charge in [-0.05, 0) is 63.3 Å². The van der Waals surface area contributed by atoms with Crippen LogP contribution in [0.15, 0.2) is 64.8 Å². The molecule has 0 fully saturated rings. The second-order valence-electron chi connectivity index (χ2n) is 9.74. The van der Waals surface area contributed by atoms with Crippen molar-refractivity contribution in [3.63, 3.8) is 0 Å². The number of allylic oxidation sites excluding steroid dienone is 2. The first kappa shape index (κ1) is 25.7. The second-order valence-corrected chi connectivity index (χ2v) is 9.74. The third-order valence-corrected chi connectivity index (χ3v) is 6.79.